The van der Waals surface area contributed by atoms with E-state index in [0.29, 0.717) is 38.5 Å². The number of aliphatic hydroxyl groups excluding tert-OH is 1. The van der Waals surface area contributed by atoms with Gasteiger partial charge in [0.15, 0.2) is 12.2 Å². The monoisotopic (exact) mass is 1600 g/mol. The molecule has 3 N–H and O–H groups in total. The van der Waals surface area contributed by atoms with Crippen LogP contribution in [0.1, 0.15) is 285 Å². The van der Waals surface area contributed by atoms with Gasteiger partial charge in [-0.25, -0.2) is 9.13 Å². The highest BCUT2D eigenvalue weighted by atomic mass is 31.2. The van der Waals surface area contributed by atoms with Crippen molar-refractivity contribution in [3.8, 4) is 0 Å². The molecule has 0 amide bonds. The number of hydrogen-bond donors (Lipinski definition) is 3. The van der Waals surface area contributed by atoms with E-state index in [2.05, 4.69) is 210 Å². The Hall–Kier alpha value is -6.62. The Morgan fingerprint density at radius 2 is 0.482 bits per heavy atom. The van der Waals surface area contributed by atoms with E-state index in [0.717, 1.165) is 167 Å². The van der Waals surface area contributed by atoms with Crippen LogP contribution in [0.25, 0.3) is 0 Å². The number of carbonyl (C=O) groups is 4. The number of unbranched alkanes of at least 4 members (excludes halogenated alkanes) is 14. The number of rotatable bonds is 76. The van der Waals surface area contributed by atoms with Crippen LogP contribution in [0.15, 0.2) is 219 Å². The van der Waals surface area contributed by atoms with Crippen LogP contribution in [0.2, 0.25) is 0 Å². The Morgan fingerprint density at radius 1 is 0.259 bits per heavy atom. The molecule has 2 unspecified atom stereocenters. The van der Waals surface area contributed by atoms with Gasteiger partial charge in [0.25, 0.3) is 0 Å². The molecule has 0 rings (SSSR count). The van der Waals surface area contributed by atoms with Crippen molar-refractivity contribution in [2.24, 2.45) is 0 Å². The van der Waals surface area contributed by atoms with E-state index >= 15 is 0 Å². The molecule has 0 spiro atoms. The summed E-state index contributed by atoms with van der Waals surface area (Å²) in [6.07, 6.45) is 105. The second kappa shape index (κ2) is 82.4. The summed E-state index contributed by atoms with van der Waals surface area (Å²) in [4.78, 5) is 73.2. The van der Waals surface area contributed by atoms with Gasteiger partial charge in [0.1, 0.15) is 19.3 Å². The van der Waals surface area contributed by atoms with Crippen LogP contribution < -0.4 is 0 Å². The van der Waals surface area contributed by atoms with Gasteiger partial charge in [0, 0.05) is 25.7 Å². The maximum Gasteiger partial charge on any atom is 0.472 e. The maximum absolute atomic E-state index is 13.1. The molecule has 0 aromatic carbocycles. The van der Waals surface area contributed by atoms with E-state index in [9.17, 15) is 43.2 Å². The molecule has 0 aromatic rings. The summed E-state index contributed by atoms with van der Waals surface area (Å²) >= 11 is 0. The fourth-order valence-corrected chi connectivity index (χ4v) is 11.8. The first-order valence-electron chi connectivity index (χ1n) is 42.0. The highest BCUT2D eigenvalue weighted by molar-refractivity contribution is 7.47. The van der Waals surface area contributed by atoms with Gasteiger partial charge in [-0.2, -0.15) is 0 Å². The maximum atomic E-state index is 13.1. The van der Waals surface area contributed by atoms with Crippen molar-refractivity contribution in [1.29, 1.82) is 0 Å². The van der Waals surface area contributed by atoms with Crippen molar-refractivity contribution < 1.29 is 80.2 Å². The zero-order valence-corrected chi connectivity index (χ0v) is 70.8. The lowest BCUT2D eigenvalue weighted by molar-refractivity contribution is -0.161. The number of esters is 4. The predicted octanol–water partition coefficient (Wildman–Crippen LogP) is 25.2. The molecule has 630 valence electrons. The Labute approximate surface area is 677 Å². The van der Waals surface area contributed by atoms with Gasteiger partial charge >= 0.3 is 39.5 Å². The summed E-state index contributed by atoms with van der Waals surface area (Å²) in [6.45, 7) is 4.28. The number of phosphoric ester groups is 2. The van der Waals surface area contributed by atoms with E-state index in [4.69, 9.17) is 37.0 Å². The summed E-state index contributed by atoms with van der Waals surface area (Å²) in [5, 5.41) is 10.7. The van der Waals surface area contributed by atoms with Crippen molar-refractivity contribution in [1.82, 2.24) is 0 Å². The lowest BCUT2D eigenvalue weighted by atomic mass is 10.1. The van der Waals surface area contributed by atoms with Crippen LogP contribution in [0.5, 0.6) is 0 Å². The smallest absolute Gasteiger partial charge is 0.462 e. The molecule has 112 heavy (non-hydrogen) atoms. The molecular formula is C93H146O17P2. The average Bonchev–Trinajstić information content (AvgIpc) is 0.898. The van der Waals surface area contributed by atoms with Crippen molar-refractivity contribution in [3.05, 3.63) is 219 Å². The van der Waals surface area contributed by atoms with E-state index in [-0.39, 0.29) is 25.7 Å². The van der Waals surface area contributed by atoms with E-state index in [1.165, 1.54) is 25.7 Å². The van der Waals surface area contributed by atoms with Crippen LogP contribution >= 0.6 is 15.6 Å². The topological polar surface area (TPSA) is 237 Å². The number of carbonyl (C=O) groups excluding carboxylic acids is 4. The van der Waals surface area contributed by atoms with Gasteiger partial charge in [-0.1, -0.05) is 304 Å². The molecule has 5 atom stereocenters. The van der Waals surface area contributed by atoms with E-state index in [1.54, 1.807) is 0 Å². The Kier molecular flexibility index (Phi) is 77.5. The minimum absolute atomic E-state index is 0.0102. The third-order valence-corrected chi connectivity index (χ3v) is 18.3. The number of aliphatic hydroxyl groups is 1. The first-order valence-corrected chi connectivity index (χ1v) is 45.0. The fraction of sp³-hybridized carbons (Fsp3) is 0.570. The quantitative estimate of drug-likeness (QED) is 0.0169. The number of phosphoric acid groups is 2. The lowest BCUT2D eigenvalue weighted by Gasteiger charge is -2.21. The zero-order valence-electron chi connectivity index (χ0n) is 69.0. The third-order valence-electron chi connectivity index (χ3n) is 16.4. The van der Waals surface area contributed by atoms with Crippen molar-refractivity contribution >= 4 is 39.5 Å². The summed E-state index contributed by atoms with van der Waals surface area (Å²) < 4.78 is 68.6. The van der Waals surface area contributed by atoms with Crippen LogP contribution in [0.3, 0.4) is 0 Å². The normalized spacial score (nSPS) is 14.9. The standard InChI is InChI=1S/C93H146O17P2/c1-5-9-13-17-21-25-29-33-37-40-43-46-50-53-57-61-65-69-73-77-90(95)103-83-88(109-92(97)79-75-71-67-63-59-55-49-36-32-28-24-20-16-12-8-4)85-107-111(99,100)105-81-87(94)82-106-112(101,102)108-86-89(110-93(98)80-76-72-68-64-60-56-52-48-45-42-39-35-31-27-23-19-15-11-7-3)84-104-91(96)78-74-70-66-62-58-54-51-47-44-41-38-34-30-26-22-18-14-10-6-2/h9-11,13-15,21-23,25-28,32-35,37-39,43-48,53-54,56-58,60,66,68,70,72,87-89,94H,5-8,12,16-20,24,29-31,36,40-42,49-52,55,59,61-65,67,69,71,73-86H2,1-4H3,(H,99,100)(H,101,102)/b13-9-,14-10-,15-11-,25-21-,26-22-,27-23-,32-28-,37-33-,38-34-,39-35-,46-43-,47-44-,48-45-,57-53-,58-54-,60-56-,70-66-,72-68-/t87-,88+,89+/m0/s1. The Bertz CT molecular complexity index is 2990. The summed E-state index contributed by atoms with van der Waals surface area (Å²) in [7, 11) is -10.0. The van der Waals surface area contributed by atoms with Crippen molar-refractivity contribution in [2.45, 2.75) is 303 Å². The van der Waals surface area contributed by atoms with Gasteiger partial charge in [0.2, 0.25) is 0 Å². The summed E-state index contributed by atoms with van der Waals surface area (Å²) in [5.74, 6) is -2.44. The lowest BCUT2D eigenvalue weighted by Crippen LogP contribution is -2.30. The van der Waals surface area contributed by atoms with Crippen LogP contribution in [-0.2, 0) is 65.4 Å². The number of hydrogen-bond acceptors (Lipinski definition) is 15. The molecule has 0 saturated carbocycles. The van der Waals surface area contributed by atoms with E-state index in [1.807, 2.05) is 36.5 Å². The number of allylic oxidation sites excluding steroid dienone is 36. The second-order valence-electron chi connectivity index (χ2n) is 26.9. The SMILES string of the molecule is CC/C=C\C/C=C\C/C=C\C/C=C\C/C=C\C/C=C\CCC(=O)OC[C@H](COP(=O)(O)OC[C@@H](O)COP(=O)(O)OC[C@@H](COC(=O)CCCCC/C=C\C/C=C\C/C=C\C/C=C\C/C=C\CC)OC(=O)CCCCCCCCC/C=C\CCCCCC)OC(=O)CC/C=C\C/C=C\C/C=C\C/C=C\C/C=C\C/C=C\CC. The van der Waals surface area contributed by atoms with E-state index < -0.39 is 97.5 Å². The minimum atomic E-state index is -5.03. The van der Waals surface area contributed by atoms with Crippen LogP contribution in [0, 0.1) is 0 Å². The Morgan fingerprint density at radius 3 is 0.804 bits per heavy atom. The Balaban J connectivity index is 5.58. The first-order chi connectivity index (χ1) is 54.7. The van der Waals surface area contributed by atoms with Gasteiger partial charge in [0.05, 0.1) is 26.4 Å². The highest BCUT2D eigenvalue weighted by Gasteiger charge is 2.30. The predicted molar refractivity (Wildman–Crippen MR) is 463 cm³/mol. The second-order valence-corrected chi connectivity index (χ2v) is 29.8. The van der Waals surface area contributed by atoms with Crippen molar-refractivity contribution in [3.63, 3.8) is 0 Å². The zero-order chi connectivity index (χ0) is 81.7. The van der Waals surface area contributed by atoms with Crippen LogP contribution in [-0.4, -0.2) is 96.7 Å². The fourth-order valence-electron chi connectivity index (χ4n) is 10.2. The molecule has 0 aliphatic carbocycles. The molecule has 0 bridgehead atoms. The average molecular weight is 1600 g/mol. The molecule has 0 heterocycles. The molecule has 19 heteroatoms. The molecular weight excluding hydrogens is 1450 g/mol. The molecule has 0 fully saturated rings. The van der Waals surface area contributed by atoms with Gasteiger partial charge in [-0.3, -0.25) is 37.3 Å². The third kappa shape index (κ3) is 81.4. The van der Waals surface area contributed by atoms with Crippen LogP contribution in [0.4, 0.5) is 0 Å². The molecule has 0 radical (unpaired) electrons. The molecule has 0 aliphatic rings. The summed E-state index contributed by atoms with van der Waals surface area (Å²) in [6, 6.07) is 0. The van der Waals surface area contributed by atoms with Gasteiger partial charge in [-0.05, 0) is 173 Å². The molecule has 17 nitrogen and oxygen atoms in total. The highest BCUT2D eigenvalue weighted by Crippen LogP contribution is 2.45. The first kappa shape index (κ1) is 105. The minimum Gasteiger partial charge on any atom is -0.462 e. The molecule has 0 aromatic heterocycles. The summed E-state index contributed by atoms with van der Waals surface area (Å²) in [5.41, 5.74) is 0. The van der Waals surface area contributed by atoms with Crippen molar-refractivity contribution in [2.75, 3.05) is 39.6 Å². The molecule has 0 saturated heterocycles. The van der Waals surface area contributed by atoms with Gasteiger partial charge in [-0.15, -0.1) is 0 Å². The van der Waals surface area contributed by atoms with Gasteiger partial charge < -0.3 is 33.8 Å². The number of ether oxygens (including phenoxy) is 4. The largest absolute Gasteiger partial charge is 0.472 e. The molecule has 0 aliphatic heterocycles.